The zero-order chi connectivity index (χ0) is 17.1. The van der Waals surface area contributed by atoms with Crippen molar-refractivity contribution in [1.82, 2.24) is 14.8 Å². The van der Waals surface area contributed by atoms with Crippen LogP contribution in [0.2, 0.25) is 0 Å². The predicted octanol–water partition coefficient (Wildman–Crippen LogP) is 0.354. The number of nitrogens with zero attached hydrogens (tertiary/aromatic N) is 4. The molecule has 1 unspecified atom stereocenters. The molecular weight excluding hydrogens is 314 g/mol. The zero-order valence-corrected chi connectivity index (χ0v) is 12.6. The molecule has 1 aromatic carbocycles. The van der Waals surface area contributed by atoms with Gasteiger partial charge < -0.3 is 10.0 Å². The minimum Gasteiger partial charge on any atom is -0.480 e. The quantitative estimate of drug-likeness (QED) is 0.817. The molecule has 1 aliphatic heterocycles. The first-order valence-electron chi connectivity index (χ1n) is 7.30. The van der Waals surface area contributed by atoms with Gasteiger partial charge in [-0.15, -0.1) is 5.10 Å². The van der Waals surface area contributed by atoms with Crippen LogP contribution in [-0.2, 0) is 20.9 Å². The molecule has 9 nitrogen and oxygen atoms in total. The van der Waals surface area contributed by atoms with Crippen molar-refractivity contribution in [2.45, 2.75) is 13.0 Å². The van der Waals surface area contributed by atoms with Gasteiger partial charge in [0.1, 0.15) is 12.9 Å². The van der Waals surface area contributed by atoms with Crippen molar-refractivity contribution in [2.75, 3.05) is 16.8 Å². The van der Waals surface area contributed by atoms with Gasteiger partial charge in [-0.2, -0.15) is 0 Å². The standard InChI is InChI=1S/C15H15N5O4/c21-12-6-10(7-20(12)11-4-2-1-3-5-11)14(24)17-15-16-9-19(18-15)8-13(22)23/h1-5,9-10H,6-8H2,(H,22,23)(H,17,18,24). The summed E-state index contributed by atoms with van der Waals surface area (Å²) < 4.78 is 1.11. The summed E-state index contributed by atoms with van der Waals surface area (Å²) in [6.45, 7) is -0.0584. The number of para-hydroxylation sites is 1. The molecule has 0 radical (unpaired) electrons. The highest BCUT2D eigenvalue weighted by Gasteiger charge is 2.35. The molecule has 1 atom stereocenters. The maximum absolute atomic E-state index is 12.3. The number of carbonyl (C=O) groups is 3. The van der Waals surface area contributed by atoms with E-state index < -0.39 is 11.9 Å². The monoisotopic (exact) mass is 329 g/mol. The number of carboxylic acids is 1. The van der Waals surface area contributed by atoms with E-state index in [1.165, 1.54) is 6.33 Å². The summed E-state index contributed by atoms with van der Waals surface area (Å²) in [7, 11) is 0. The zero-order valence-electron chi connectivity index (χ0n) is 12.6. The fourth-order valence-electron chi connectivity index (χ4n) is 2.52. The van der Waals surface area contributed by atoms with Gasteiger partial charge in [-0.3, -0.25) is 19.7 Å². The second kappa shape index (κ2) is 6.49. The third kappa shape index (κ3) is 3.40. The number of benzene rings is 1. The molecule has 2 aromatic rings. The van der Waals surface area contributed by atoms with E-state index in [0.717, 1.165) is 10.4 Å². The van der Waals surface area contributed by atoms with Crippen molar-refractivity contribution in [3.8, 4) is 0 Å². The van der Waals surface area contributed by atoms with Crippen LogP contribution in [0.5, 0.6) is 0 Å². The topological polar surface area (TPSA) is 117 Å². The first-order valence-corrected chi connectivity index (χ1v) is 7.30. The van der Waals surface area contributed by atoms with E-state index in [4.69, 9.17) is 5.11 Å². The summed E-state index contributed by atoms with van der Waals surface area (Å²) in [5, 5.41) is 15.0. The number of hydrogen-bond acceptors (Lipinski definition) is 5. The highest BCUT2D eigenvalue weighted by molar-refractivity contribution is 6.03. The third-order valence-electron chi connectivity index (χ3n) is 3.63. The largest absolute Gasteiger partial charge is 0.480 e. The van der Waals surface area contributed by atoms with Gasteiger partial charge in [0, 0.05) is 18.7 Å². The van der Waals surface area contributed by atoms with Crippen molar-refractivity contribution in [2.24, 2.45) is 5.92 Å². The number of carboxylic acid groups (broad SMARTS) is 1. The first-order chi connectivity index (χ1) is 11.5. The second-order valence-electron chi connectivity index (χ2n) is 5.39. The van der Waals surface area contributed by atoms with Gasteiger partial charge in [0.15, 0.2) is 0 Å². The van der Waals surface area contributed by atoms with Crippen LogP contribution >= 0.6 is 0 Å². The molecule has 0 aliphatic carbocycles. The maximum atomic E-state index is 12.3. The molecule has 2 N–H and O–H groups in total. The lowest BCUT2D eigenvalue weighted by atomic mass is 10.1. The summed E-state index contributed by atoms with van der Waals surface area (Å²) in [6.07, 6.45) is 1.33. The summed E-state index contributed by atoms with van der Waals surface area (Å²) in [4.78, 5) is 40.4. The molecule has 0 spiro atoms. The second-order valence-corrected chi connectivity index (χ2v) is 5.39. The van der Waals surface area contributed by atoms with Crippen LogP contribution < -0.4 is 10.2 Å². The molecule has 9 heteroatoms. The van der Waals surface area contributed by atoms with Gasteiger partial charge in [-0.05, 0) is 12.1 Å². The number of aromatic nitrogens is 3. The fourth-order valence-corrected chi connectivity index (χ4v) is 2.52. The van der Waals surface area contributed by atoms with E-state index in [1.807, 2.05) is 30.3 Å². The molecule has 1 aromatic heterocycles. The van der Waals surface area contributed by atoms with Gasteiger partial charge in [-0.1, -0.05) is 18.2 Å². The molecule has 3 rings (SSSR count). The van der Waals surface area contributed by atoms with Crippen LogP contribution in [-0.4, -0.2) is 44.2 Å². The predicted molar refractivity (Wildman–Crippen MR) is 83.2 cm³/mol. The minimum absolute atomic E-state index is 0.0202. The Kier molecular flexibility index (Phi) is 4.23. The van der Waals surface area contributed by atoms with Gasteiger partial charge in [0.25, 0.3) is 0 Å². The molecule has 0 saturated carbocycles. The van der Waals surface area contributed by atoms with Gasteiger partial charge in [-0.25, -0.2) is 9.67 Å². The Morgan fingerprint density at radius 1 is 1.29 bits per heavy atom. The maximum Gasteiger partial charge on any atom is 0.325 e. The Morgan fingerprint density at radius 3 is 2.75 bits per heavy atom. The number of rotatable bonds is 5. The molecule has 2 heterocycles. The summed E-state index contributed by atoms with van der Waals surface area (Å²) in [6, 6.07) is 9.14. The van der Waals surface area contributed by atoms with Gasteiger partial charge in [0.2, 0.25) is 17.8 Å². The van der Waals surface area contributed by atoms with E-state index >= 15 is 0 Å². The highest BCUT2D eigenvalue weighted by atomic mass is 16.4. The molecule has 24 heavy (non-hydrogen) atoms. The average Bonchev–Trinajstić information content (AvgIpc) is 3.14. The van der Waals surface area contributed by atoms with Crippen LogP contribution in [0, 0.1) is 5.92 Å². The van der Waals surface area contributed by atoms with E-state index in [1.54, 1.807) is 4.90 Å². The van der Waals surface area contributed by atoms with E-state index in [2.05, 4.69) is 15.4 Å². The lowest BCUT2D eigenvalue weighted by Gasteiger charge is -2.16. The van der Waals surface area contributed by atoms with Crippen molar-refractivity contribution in [1.29, 1.82) is 0 Å². The fraction of sp³-hybridized carbons (Fsp3) is 0.267. The molecule has 1 fully saturated rings. The Labute approximate surface area is 136 Å². The number of hydrogen-bond donors (Lipinski definition) is 2. The molecule has 124 valence electrons. The van der Waals surface area contributed by atoms with Crippen LogP contribution in [0.15, 0.2) is 36.7 Å². The smallest absolute Gasteiger partial charge is 0.325 e. The summed E-state index contributed by atoms with van der Waals surface area (Å²) in [5.74, 6) is -2.03. The van der Waals surface area contributed by atoms with Crippen LogP contribution in [0.3, 0.4) is 0 Å². The Hall–Kier alpha value is -3.23. The van der Waals surface area contributed by atoms with E-state index in [0.29, 0.717) is 0 Å². The van der Waals surface area contributed by atoms with Crippen LogP contribution in [0.4, 0.5) is 11.6 Å². The Bertz CT molecular complexity index is 773. The third-order valence-corrected chi connectivity index (χ3v) is 3.63. The highest BCUT2D eigenvalue weighted by Crippen LogP contribution is 2.25. The molecule has 1 saturated heterocycles. The number of nitrogens with one attached hydrogen (secondary N) is 1. The normalized spacial score (nSPS) is 17.1. The Morgan fingerprint density at radius 2 is 2.04 bits per heavy atom. The number of amides is 2. The van der Waals surface area contributed by atoms with E-state index in [9.17, 15) is 14.4 Å². The molecule has 2 amide bonds. The minimum atomic E-state index is -1.06. The molecular formula is C15H15N5O4. The number of anilines is 2. The summed E-state index contributed by atoms with van der Waals surface area (Å²) in [5.41, 5.74) is 0.752. The van der Waals surface area contributed by atoms with Gasteiger partial charge in [0.05, 0.1) is 5.92 Å². The van der Waals surface area contributed by atoms with Crippen molar-refractivity contribution < 1.29 is 19.5 Å². The van der Waals surface area contributed by atoms with Crippen molar-refractivity contribution >= 4 is 29.4 Å². The lowest BCUT2D eigenvalue weighted by Crippen LogP contribution is -2.28. The van der Waals surface area contributed by atoms with Crippen molar-refractivity contribution in [3.05, 3.63) is 36.7 Å². The van der Waals surface area contributed by atoms with Crippen LogP contribution in [0.1, 0.15) is 6.42 Å². The lowest BCUT2D eigenvalue weighted by molar-refractivity contribution is -0.137. The van der Waals surface area contributed by atoms with Crippen molar-refractivity contribution in [3.63, 3.8) is 0 Å². The average molecular weight is 329 g/mol. The number of carbonyl (C=O) groups excluding carboxylic acids is 2. The summed E-state index contributed by atoms with van der Waals surface area (Å²) >= 11 is 0. The Balaban J connectivity index is 1.63. The van der Waals surface area contributed by atoms with Crippen LogP contribution in [0.25, 0.3) is 0 Å². The van der Waals surface area contributed by atoms with E-state index in [-0.39, 0.29) is 37.3 Å². The molecule has 0 bridgehead atoms. The molecule has 1 aliphatic rings. The number of aliphatic carboxylic acids is 1. The SMILES string of the molecule is O=C(O)Cn1cnc(NC(=O)C2CC(=O)N(c3ccccc3)C2)n1. The first kappa shape index (κ1) is 15.7. The van der Waals surface area contributed by atoms with Gasteiger partial charge >= 0.3 is 5.97 Å².